The largest absolute Gasteiger partial charge is 0.465 e. The maximum absolute atomic E-state index is 13.0. The maximum Gasteiger partial charge on any atom is 0.410 e. The lowest BCUT2D eigenvalue weighted by Crippen LogP contribution is -2.72. The Kier molecular flexibility index (Phi) is 8.35. The zero-order valence-electron chi connectivity index (χ0n) is 22.8. The number of nitrogens with zero attached hydrogens (tertiary/aromatic N) is 3. The number of carbonyl (C=O) groups excluding carboxylic acids is 2. The number of benzene rings is 1. The SMILES string of the molecule is C=CCOC(=O)N(CC1CCN(C2(CC(=O)OC(C)(C)C)CN(C(=O)O)C2)CC1)C1CC1c1ccccc1. The number of hydrogen-bond donors (Lipinski definition) is 1. The second-order valence-corrected chi connectivity index (χ2v) is 11.9. The van der Waals surface area contributed by atoms with Crippen LogP contribution in [0.25, 0.3) is 0 Å². The van der Waals surface area contributed by atoms with Gasteiger partial charge in [-0.1, -0.05) is 43.0 Å². The molecule has 2 heterocycles. The van der Waals surface area contributed by atoms with E-state index in [1.165, 1.54) is 10.5 Å². The van der Waals surface area contributed by atoms with Gasteiger partial charge in [0.25, 0.3) is 0 Å². The molecular formula is C29H41N3O6. The molecule has 2 unspecified atom stereocenters. The van der Waals surface area contributed by atoms with Crippen molar-refractivity contribution in [3.63, 3.8) is 0 Å². The molecule has 0 bridgehead atoms. The first-order valence-electron chi connectivity index (χ1n) is 13.6. The monoisotopic (exact) mass is 527 g/mol. The Labute approximate surface area is 225 Å². The van der Waals surface area contributed by atoms with Gasteiger partial charge in [-0.15, -0.1) is 0 Å². The first-order valence-corrected chi connectivity index (χ1v) is 13.6. The molecule has 0 spiro atoms. The molecule has 3 fully saturated rings. The highest BCUT2D eigenvalue weighted by molar-refractivity contribution is 5.73. The van der Waals surface area contributed by atoms with E-state index < -0.39 is 17.2 Å². The van der Waals surface area contributed by atoms with Crippen molar-refractivity contribution in [3.8, 4) is 0 Å². The summed E-state index contributed by atoms with van der Waals surface area (Å²) in [4.78, 5) is 42.7. The van der Waals surface area contributed by atoms with Crippen molar-refractivity contribution in [2.75, 3.05) is 39.3 Å². The summed E-state index contributed by atoms with van der Waals surface area (Å²) in [5.41, 5.74) is 0.111. The predicted molar refractivity (Wildman–Crippen MR) is 143 cm³/mol. The maximum atomic E-state index is 13.0. The van der Waals surface area contributed by atoms with Crippen LogP contribution in [-0.4, -0.2) is 94.5 Å². The summed E-state index contributed by atoms with van der Waals surface area (Å²) in [6.07, 6.45) is 3.13. The van der Waals surface area contributed by atoms with E-state index in [-0.39, 0.29) is 31.1 Å². The summed E-state index contributed by atoms with van der Waals surface area (Å²) in [6, 6.07) is 10.4. The Hall–Kier alpha value is -3.07. The van der Waals surface area contributed by atoms with Crippen molar-refractivity contribution >= 4 is 18.2 Å². The number of hydrogen-bond acceptors (Lipinski definition) is 6. The van der Waals surface area contributed by atoms with Crippen LogP contribution in [0.15, 0.2) is 43.0 Å². The number of ether oxygens (including phenoxy) is 2. The zero-order valence-corrected chi connectivity index (χ0v) is 22.8. The molecule has 2 amide bonds. The summed E-state index contributed by atoms with van der Waals surface area (Å²) in [6.45, 7) is 12.0. The molecule has 2 atom stereocenters. The molecule has 1 aromatic carbocycles. The van der Waals surface area contributed by atoms with E-state index in [0.29, 0.717) is 31.5 Å². The van der Waals surface area contributed by atoms with Crippen LogP contribution in [-0.2, 0) is 14.3 Å². The highest BCUT2D eigenvalue weighted by Crippen LogP contribution is 2.45. The van der Waals surface area contributed by atoms with Crippen molar-refractivity contribution in [1.29, 1.82) is 0 Å². The van der Waals surface area contributed by atoms with Gasteiger partial charge in [0.05, 0.1) is 12.0 Å². The predicted octanol–water partition coefficient (Wildman–Crippen LogP) is 4.34. The van der Waals surface area contributed by atoms with Crippen LogP contribution < -0.4 is 0 Å². The highest BCUT2D eigenvalue weighted by Gasteiger charge is 2.52. The van der Waals surface area contributed by atoms with Gasteiger partial charge in [-0.2, -0.15) is 0 Å². The number of carboxylic acid groups (broad SMARTS) is 1. The van der Waals surface area contributed by atoms with Crippen molar-refractivity contribution in [3.05, 3.63) is 48.6 Å². The van der Waals surface area contributed by atoms with E-state index in [2.05, 4.69) is 23.6 Å². The average Bonchev–Trinajstić information content (AvgIpc) is 3.63. The number of amides is 2. The van der Waals surface area contributed by atoms with Gasteiger partial charge >= 0.3 is 18.2 Å². The molecule has 1 aromatic rings. The van der Waals surface area contributed by atoms with E-state index >= 15 is 0 Å². The van der Waals surface area contributed by atoms with Crippen molar-refractivity contribution in [2.24, 2.45) is 5.92 Å². The van der Waals surface area contributed by atoms with Gasteiger partial charge in [-0.25, -0.2) is 9.59 Å². The molecule has 208 valence electrons. The minimum atomic E-state index is -0.967. The van der Waals surface area contributed by atoms with Crippen molar-refractivity contribution in [1.82, 2.24) is 14.7 Å². The smallest absolute Gasteiger partial charge is 0.410 e. The van der Waals surface area contributed by atoms with Gasteiger partial charge in [-0.3, -0.25) is 9.69 Å². The van der Waals surface area contributed by atoms with Crippen LogP contribution in [0.5, 0.6) is 0 Å². The third-order valence-corrected chi connectivity index (χ3v) is 7.82. The second-order valence-electron chi connectivity index (χ2n) is 11.9. The van der Waals surface area contributed by atoms with Gasteiger partial charge in [-0.05, 0) is 64.6 Å². The lowest BCUT2D eigenvalue weighted by atomic mass is 9.81. The fourth-order valence-electron chi connectivity index (χ4n) is 5.88. The van der Waals surface area contributed by atoms with Gasteiger partial charge in [0.15, 0.2) is 0 Å². The fourth-order valence-corrected chi connectivity index (χ4v) is 5.88. The van der Waals surface area contributed by atoms with Crippen LogP contribution >= 0.6 is 0 Å². The Balaban J connectivity index is 1.38. The molecule has 3 aliphatic rings. The summed E-state index contributed by atoms with van der Waals surface area (Å²) in [5.74, 6) is 0.317. The molecule has 1 aliphatic carbocycles. The lowest BCUT2D eigenvalue weighted by Gasteiger charge is -2.56. The number of carbonyl (C=O) groups is 3. The molecule has 9 heteroatoms. The highest BCUT2D eigenvalue weighted by atomic mass is 16.6. The zero-order chi connectivity index (χ0) is 27.5. The van der Waals surface area contributed by atoms with E-state index in [4.69, 9.17) is 9.47 Å². The first kappa shape index (κ1) is 28.0. The van der Waals surface area contributed by atoms with Crippen LogP contribution in [0, 0.1) is 5.92 Å². The number of piperidine rings is 1. The molecule has 0 aromatic heterocycles. The Bertz CT molecular complexity index is 1010. The van der Waals surface area contributed by atoms with E-state index in [1.807, 2.05) is 43.9 Å². The minimum absolute atomic E-state index is 0.127. The fraction of sp³-hybridized carbons (Fsp3) is 0.621. The quantitative estimate of drug-likeness (QED) is 0.377. The molecule has 2 aliphatic heterocycles. The topological polar surface area (TPSA) is 99.6 Å². The first-order chi connectivity index (χ1) is 18.0. The molecule has 9 nitrogen and oxygen atoms in total. The van der Waals surface area contributed by atoms with Gasteiger partial charge < -0.3 is 24.4 Å². The summed E-state index contributed by atoms with van der Waals surface area (Å²) in [5, 5.41) is 9.44. The van der Waals surface area contributed by atoms with E-state index in [9.17, 15) is 19.5 Å². The molecule has 0 radical (unpaired) electrons. The van der Waals surface area contributed by atoms with Crippen molar-refractivity contribution in [2.45, 2.75) is 69.6 Å². The van der Waals surface area contributed by atoms with Crippen LogP contribution in [0.2, 0.25) is 0 Å². The second kappa shape index (κ2) is 11.4. The summed E-state index contributed by atoms with van der Waals surface area (Å²) >= 11 is 0. The lowest BCUT2D eigenvalue weighted by molar-refractivity contribution is -0.163. The molecule has 4 rings (SSSR count). The third-order valence-electron chi connectivity index (χ3n) is 7.82. The van der Waals surface area contributed by atoms with E-state index in [1.54, 1.807) is 6.08 Å². The third kappa shape index (κ3) is 6.67. The summed E-state index contributed by atoms with van der Waals surface area (Å²) in [7, 11) is 0. The van der Waals surface area contributed by atoms with Crippen molar-refractivity contribution < 1.29 is 29.0 Å². The Morgan fingerprint density at radius 1 is 1.16 bits per heavy atom. The normalized spacial score (nSPS) is 23.2. The standard InChI is InChI=1S/C29H41N3O6/c1-5-15-37-27(36)32(24-16-23(24)22-9-7-6-8-10-22)18-21-11-13-31(14-12-21)29(19-30(20-29)26(34)35)17-25(33)38-28(2,3)4/h5-10,21,23-24H,1,11-20H2,2-4H3,(H,34,35). The molecule has 38 heavy (non-hydrogen) atoms. The van der Waals surface area contributed by atoms with Gasteiger partial charge in [0.2, 0.25) is 0 Å². The molecule has 1 N–H and O–H groups in total. The van der Waals surface area contributed by atoms with Crippen LogP contribution in [0.3, 0.4) is 0 Å². The Morgan fingerprint density at radius 2 is 1.82 bits per heavy atom. The Morgan fingerprint density at radius 3 is 2.39 bits per heavy atom. The summed E-state index contributed by atoms with van der Waals surface area (Å²) < 4.78 is 11.0. The van der Waals surface area contributed by atoms with Crippen LogP contribution in [0.1, 0.15) is 57.9 Å². The molecular weight excluding hydrogens is 486 g/mol. The number of rotatable bonds is 9. The van der Waals surface area contributed by atoms with Crippen LogP contribution in [0.4, 0.5) is 9.59 Å². The molecule has 1 saturated carbocycles. The molecule has 2 saturated heterocycles. The van der Waals surface area contributed by atoms with E-state index in [0.717, 1.165) is 32.4 Å². The minimum Gasteiger partial charge on any atom is -0.465 e. The number of esters is 1. The van der Waals surface area contributed by atoms with Gasteiger partial charge in [0.1, 0.15) is 12.2 Å². The average molecular weight is 528 g/mol. The van der Waals surface area contributed by atoms with Gasteiger partial charge in [0, 0.05) is 31.6 Å². The number of likely N-dealkylation sites (tertiary alicyclic amines) is 2.